The summed E-state index contributed by atoms with van der Waals surface area (Å²) in [4.78, 5) is 6.24. The monoisotopic (exact) mass is 583 g/mol. The second-order valence-electron chi connectivity index (χ2n) is 11.3. The highest BCUT2D eigenvalue weighted by atomic mass is 79.9. The lowest BCUT2D eigenvalue weighted by molar-refractivity contribution is -0.180. The lowest BCUT2D eigenvalue weighted by atomic mass is 9.80. The topological polar surface area (TPSA) is 40.2 Å². The molecule has 1 saturated carbocycles. The number of hydrogen-bond acceptors (Lipinski definition) is 5. The number of rotatable bonds is 7. The van der Waals surface area contributed by atoms with Crippen LogP contribution in [0.15, 0.2) is 34.8 Å². The van der Waals surface area contributed by atoms with Crippen molar-refractivity contribution in [2.24, 2.45) is 5.92 Å². The van der Waals surface area contributed by atoms with Gasteiger partial charge in [0.25, 0.3) is 0 Å². The first-order valence-corrected chi connectivity index (χ1v) is 16.0. The molecule has 9 heteroatoms. The maximum absolute atomic E-state index is 15.5. The van der Waals surface area contributed by atoms with Gasteiger partial charge in [0, 0.05) is 35.3 Å². The van der Waals surface area contributed by atoms with Crippen LogP contribution in [0.5, 0.6) is 11.5 Å². The van der Waals surface area contributed by atoms with Gasteiger partial charge in [-0.3, -0.25) is 4.84 Å². The molecule has 3 atom stereocenters. The summed E-state index contributed by atoms with van der Waals surface area (Å²) in [6, 6.07) is 8.14. The van der Waals surface area contributed by atoms with Gasteiger partial charge in [0.1, 0.15) is 23.1 Å². The molecule has 1 saturated heterocycles. The van der Waals surface area contributed by atoms with Crippen LogP contribution in [0.4, 0.5) is 8.78 Å². The molecule has 0 bridgehead atoms. The summed E-state index contributed by atoms with van der Waals surface area (Å²) in [6.45, 7) is 11.9. The molecule has 0 N–H and O–H groups in total. The Kier molecular flexibility index (Phi) is 7.63. The molecule has 0 amide bonds. The minimum atomic E-state index is -2.06. The van der Waals surface area contributed by atoms with Crippen molar-refractivity contribution >= 4 is 24.2 Å². The molecule has 4 rings (SSSR count). The van der Waals surface area contributed by atoms with E-state index in [4.69, 9.17) is 18.7 Å². The Morgan fingerprint density at radius 3 is 2.47 bits per heavy atom. The third kappa shape index (κ3) is 4.85. The van der Waals surface area contributed by atoms with Crippen molar-refractivity contribution in [3.05, 3.63) is 57.6 Å². The Bertz CT molecular complexity index is 1130. The van der Waals surface area contributed by atoms with E-state index in [1.165, 1.54) is 0 Å². The van der Waals surface area contributed by atoms with E-state index in [-0.39, 0.29) is 21.5 Å². The van der Waals surface area contributed by atoms with Crippen LogP contribution in [0.3, 0.4) is 0 Å². The number of ether oxygens (including phenoxy) is 2. The van der Waals surface area contributed by atoms with Crippen molar-refractivity contribution in [1.82, 2.24) is 5.06 Å². The second-order valence-corrected chi connectivity index (χ2v) is 16.9. The lowest BCUT2D eigenvalue weighted by Crippen LogP contribution is -2.46. The number of nitrogens with zero attached hydrogens (tertiary/aromatic N) is 1. The maximum atomic E-state index is 15.5. The van der Waals surface area contributed by atoms with Gasteiger partial charge < -0.3 is 13.9 Å². The molecule has 2 aromatic rings. The molecule has 1 heterocycles. The van der Waals surface area contributed by atoms with E-state index in [2.05, 4.69) is 49.8 Å². The molecule has 2 fully saturated rings. The van der Waals surface area contributed by atoms with Crippen molar-refractivity contribution in [3.8, 4) is 11.5 Å². The summed E-state index contributed by atoms with van der Waals surface area (Å²) in [5.41, 5.74) is 0.499. The number of fused-ring (bicyclic) bond motifs is 1. The highest BCUT2D eigenvalue weighted by Gasteiger charge is 2.59. The highest BCUT2D eigenvalue weighted by molar-refractivity contribution is 9.10. The fourth-order valence-electron chi connectivity index (χ4n) is 5.24. The number of benzene rings is 2. The molecule has 36 heavy (non-hydrogen) atoms. The van der Waals surface area contributed by atoms with Gasteiger partial charge in [-0.15, -0.1) is 0 Å². The van der Waals surface area contributed by atoms with E-state index in [0.29, 0.717) is 36.6 Å². The average molecular weight is 585 g/mol. The summed E-state index contributed by atoms with van der Waals surface area (Å²) < 4.78 is 47.8. The zero-order chi connectivity index (χ0) is 26.5. The zero-order valence-corrected chi connectivity index (χ0v) is 24.7. The van der Waals surface area contributed by atoms with Gasteiger partial charge in [-0.25, -0.2) is 8.78 Å². The zero-order valence-electron chi connectivity index (χ0n) is 22.1. The average Bonchev–Trinajstić information content (AvgIpc) is 3.31. The van der Waals surface area contributed by atoms with E-state index in [1.54, 1.807) is 20.3 Å². The largest absolute Gasteiger partial charge is 0.497 e. The minimum Gasteiger partial charge on any atom is -0.497 e. The van der Waals surface area contributed by atoms with E-state index in [0.717, 1.165) is 18.1 Å². The van der Waals surface area contributed by atoms with E-state index in [9.17, 15) is 4.39 Å². The van der Waals surface area contributed by atoms with Crippen LogP contribution in [-0.4, -0.2) is 40.3 Å². The van der Waals surface area contributed by atoms with Crippen molar-refractivity contribution in [2.75, 3.05) is 20.8 Å². The smallest absolute Gasteiger partial charge is 0.192 e. The Labute approximate surface area is 222 Å². The number of halogens is 3. The van der Waals surface area contributed by atoms with Gasteiger partial charge in [0.15, 0.2) is 8.32 Å². The summed E-state index contributed by atoms with van der Waals surface area (Å²) >= 11 is 3.28. The molecule has 0 radical (unpaired) electrons. The van der Waals surface area contributed by atoms with Gasteiger partial charge >= 0.3 is 0 Å². The van der Waals surface area contributed by atoms with Gasteiger partial charge in [-0.1, -0.05) is 26.8 Å². The molecule has 198 valence electrons. The van der Waals surface area contributed by atoms with E-state index in [1.807, 2.05) is 23.3 Å². The first kappa shape index (κ1) is 27.5. The normalized spacial score (nSPS) is 24.7. The SMILES string of the molecule is COc1ccc(CN2OCC3CC(O[Si](C)(C)C(C)(C)C)CC32c2cc(Br)c(F)cc2F)c(OC)c1. The Balaban J connectivity index is 1.76. The lowest BCUT2D eigenvalue weighted by Gasteiger charge is -2.40. The summed E-state index contributed by atoms with van der Waals surface area (Å²) in [6.07, 6.45) is 1.25. The molecule has 3 unspecified atom stereocenters. The molecular formula is C27H36BrF2NO4Si. The molecular weight excluding hydrogens is 548 g/mol. The summed E-state index contributed by atoms with van der Waals surface area (Å²) in [7, 11) is 1.15. The van der Waals surface area contributed by atoms with Crippen LogP contribution in [0.25, 0.3) is 0 Å². The predicted octanol–water partition coefficient (Wildman–Crippen LogP) is 7.19. The van der Waals surface area contributed by atoms with Crippen LogP contribution in [-0.2, 0) is 21.3 Å². The van der Waals surface area contributed by atoms with Crippen molar-refractivity contribution < 1.29 is 27.5 Å². The molecule has 2 aromatic carbocycles. The van der Waals surface area contributed by atoms with E-state index >= 15 is 4.39 Å². The standard InChI is InChI=1S/C27H36BrF2NO4Si/c1-26(2,3)36(6,7)35-20-10-18-16-34-31(15-17-8-9-19(32-4)11-25(17)33-5)27(18,14-20)21-12-22(28)24(30)13-23(21)29/h8-9,11-13,18,20H,10,14-16H2,1-7H3. The molecule has 1 aliphatic carbocycles. The Hall–Kier alpha value is -1.52. The fraction of sp³-hybridized carbons (Fsp3) is 0.556. The number of hydrogen-bond donors (Lipinski definition) is 0. The molecule has 2 aliphatic rings. The molecule has 1 aliphatic heterocycles. The van der Waals surface area contributed by atoms with E-state index < -0.39 is 25.5 Å². The fourth-order valence-corrected chi connectivity index (χ4v) is 6.95. The van der Waals surface area contributed by atoms with Gasteiger partial charge in [-0.2, -0.15) is 5.06 Å². The summed E-state index contributed by atoms with van der Waals surface area (Å²) in [5.74, 6) is 0.125. The second kappa shape index (κ2) is 9.98. The van der Waals surface area contributed by atoms with Crippen molar-refractivity contribution in [2.45, 2.75) is 69.9 Å². The quantitative estimate of drug-likeness (QED) is 0.255. The van der Waals surface area contributed by atoms with Crippen LogP contribution in [0.1, 0.15) is 44.7 Å². The minimum absolute atomic E-state index is 0.0108. The molecule has 0 aromatic heterocycles. The third-order valence-electron chi connectivity index (χ3n) is 8.19. The molecule has 0 spiro atoms. The van der Waals surface area contributed by atoms with Crippen molar-refractivity contribution in [3.63, 3.8) is 0 Å². The molecule has 5 nitrogen and oxygen atoms in total. The first-order chi connectivity index (χ1) is 16.8. The Morgan fingerprint density at radius 2 is 1.83 bits per heavy atom. The third-order valence-corrected chi connectivity index (χ3v) is 13.3. The first-order valence-electron chi connectivity index (χ1n) is 12.3. The predicted molar refractivity (Wildman–Crippen MR) is 142 cm³/mol. The van der Waals surface area contributed by atoms with Gasteiger partial charge in [-0.05, 0) is 59.0 Å². The number of hydroxylamine groups is 2. The van der Waals surface area contributed by atoms with Gasteiger partial charge in [0.05, 0.1) is 37.4 Å². The number of methoxy groups -OCH3 is 2. The Morgan fingerprint density at radius 1 is 1.11 bits per heavy atom. The van der Waals surface area contributed by atoms with Crippen molar-refractivity contribution in [1.29, 1.82) is 0 Å². The van der Waals surface area contributed by atoms with Crippen LogP contribution >= 0.6 is 15.9 Å². The van der Waals surface area contributed by atoms with Crippen LogP contribution in [0, 0.1) is 17.6 Å². The van der Waals surface area contributed by atoms with Crippen LogP contribution in [0.2, 0.25) is 18.1 Å². The summed E-state index contributed by atoms with van der Waals surface area (Å²) in [5, 5.41) is 1.91. The van der Waals surface area contributed by atoms with Gasteiger partial charge in [0.2, 0.25) is 0 Å². The highest BCUT2D eigenvalue weighted by Crippen LogP contribution is 2.56. The maximum Gasteiger partial charge on any atom is 0.192 e. The van der Waals surface area contributed by atoms with Crippen LogP contribution < -0.4 is 9.47 Å².